The molecule has 1 aromatic rings. The van der Waals surface area contributed by atoms with Gasteiger partial charge in [0.05, 0.1) is 5.92 Å². The van der Waals surface area contributed by atoms with Gasteiger partial charge in [-0.05, 0) is 37.5 Å². The molecule has 4 heteroatoms. The highest BCUT2D eigenvalue weighted by Gasteiger charge is 2.35. The predicted octanol–water partition coefficient (Wildman–Crippen LogP) is 2.69. The van der Waals surface area contributed by atoms with Crippen LogP contribution in [0, 0.1) is 5.92 Å². The SMILES string of the molecule is CC(C)NC(=O)[C@H]1CC(=O)N(c2ccc(C(C)C)cc2)C1. The molecule has 2 amide bonds. The van der Waals surface area contributed by atoms with E-state index in [2.05, 4.69) is 31.3 Å². The molecule has 1 aromatic carbocycles. The first-order valence-electron chi connectivity index (χ1n) is 7.59. The molecule has 1 heterocycles. The Morgan fingerprint density at radius 2 is 1.81 bits per heavy atom. The van der Waals surface area contributed by atoms with E-state index in [9.17, 15) is 9.59 Å². The number of anilines is 1. The van der Waals surface area contributed by atoms with Gasteiger partial charge < -0.3 is 10.2 Å². The molecule has 1 aliphatic rings. The van der Waals surface area contributed by atoms with Crippen LogP contribution in [0.15, 0.2) is 24.3 Å². The van der Waals surface area contributed by atoms with Crippen molar-refractivity contribution in [1.29, 1.82) is 0 Å². The first-order valence-corrected chi connectivity index (χ1v) is 7.59. The maximum absolute atomic E-state index is 12.1. The van der Waals surface area contributed by atoms with Gasteiger partial charge in [0.2, 0.25) is 11.8 Å². The van der Waals surface area contributed by atoms with Gasteiger partial charge in [0, 0.05) is 24.7 Å². The number of nitrogens with one attached hydrogen (secondary N) is 1. The standard InChI is InChI=1S/C17H24N2O2/c1-11(2)13-5-7-15(8-6-13)19-10-14(9-16(19)20)17(21)18-12(3)4/h5-8,11-12,14H,9-10H2,1-4H3,(H,18,21)/t14-/m0/s1. The van der Waals surface area contributed by atoms with E-state index in [-0.39, 0.29) is 23.8 Å². The molecule has 1 saturated heterocycles. The lowest BCUT2D eigenvalue weighted by molar-refractivity contribution is -0.126. The van der Waals surface area contributed by atoms with E-state index in [1.165, 1.54) is 5.56 Å². The van der Waals surface area contributed by atoms with Crippen LogP contribution >= 0.6 is 0 Å². The van der Waals surface area contributed by atoms with Crippen molar-refractivity contribution in [2.45, 2.75) is 46.1 Å². The van der Waals surface area contributed by atoms with Crippen LogP contribution in [0.1, 0.15) is 45.6 Å². The molecule has 0 aliphatic carbocycles. The summed E-state index contributed by atoms with van der Waals surface area (Å²) < 4.78 is 0. The molecule has 2 rings (SSSR count). The third-order valence-corrected chi connectivity index (χ3v) is 3.80. The largest absolute Gasteiger partial charge is 0.354 e. The Labute approximate surface area is 126 Å². The van der Waals surface area contributed by atoms with Crippen LogP contribution in [0.4, 0.5) is 5.69 Å². The van der Waals surface area contributed by atoms with Crippen molar-refractivity contribution >= 4 is 17.5 Å². The summed E-state index contributed by atoms with van der Waals surface area (Å²) in [4.78, 5) is 25.9. The smallest absolute Gasteiger partial charge is 0.227 e. The number of carbonyl (C=O) groups excluding carboxylic acids is 2. The fraction of sp³-hybridized carbons (Fsp3) is 0.529. The normalized spacial score (nSPS) is 18.7. The molecule has 0 aromatic heterocycles. The van der Waals surface area contributed by atoms with Crippen LogP contribution in [-0.4, -0.2) is 24.4 Å². The number of benzene rings is 1. The molecule has 1 N–H and O–H groups in total. The van der Waals surface area contributed by atoms with Crippen molar-refractivity contribution < 1.29 is 9.59 Å². The third kappa shape index (κ3) is 3.63. The molecule has 0 unspecified atom stereocenters. The van der Waals surface area contributed by atoms with Crippen LogP contribution < -0.4 is 10.2 Å². The minimum atomic E-state index is -0.246. The summed E-state index contributed by atoms with van der Waals surface area (Å²) in [5, 5.41) is 2.88. The zero-order valence-electron chi connectivity index (χ0n) is 13.2. The third-order valence-electron chi connectivity index (χ3n) is 3.80. The molecule has 0 radical (unpaired) electrons. The van der Waals surface area contributed by atoms with E-state index in [0.717, 1.165) is 5.69 Å². The summed E-state index contributed by atoms with van der Waals surface area (Å²) in [6.07, 6.45) is 0.296. The van der Waals surface area contributed by atoms with Crippen LogP contribution in [0.2, 0.25) is 0 Å². The molecular formula is C17H24N2O2. The number of hydrogen-bond donors (Lipinski definition) is 1. The van der Waals surface area contributed by atoms with Crippen LogP contribution in [0.3, 0.4) is 0 Å². The first-order chi connectivity index (χ1) is 9.88. The number of nitrogens with zero attached hydrogens (tertiary/aromatic N) is 1. The van der Waals surface area contributed by atoms with Gasteiger partial charge >= 0.3 is 0 Å². The summed E-state index contributed by atoms with van der Waals surface area (Å²) in [5.74, 6) is 0.221. The van der Waals surface area contributed by atoms with E-state index in [4.69, 9.17) is 0 Å². The van der Waals surface area contributed by atoms with Gasteiger partial charge in [0.15, 0.2) is 0 Å². The van der Waals surface area contributed by atoms with Crippen molar-refractivity contribution in [3.63, 3.8) is 0 Å². The van der Waals surface area contributed by atoms with E-state index in [1.54, 1.807) is 4.90 Å². The molecule has 0 saturated carbocycles. The topological polar surface area (TPSA) is 49.4 Å². The lowest BCUT2D eigenvalue weighted by Crippen LogP contribution is -2.36. The average molecular weight is 288 g/mol. The second kappa shape index (κ2) is 6.29. The Hall–Kier alpha value is -1.84. The average Bonchev–Trinajstić information content (AvgIpc) is 2.80. The van der Waals surface area contributed by atoms with E-state index < -0.39 is 0 Å². The zero-order chi connectivity index (χ0) is 15.6. The van der Waals surface area contributed by atoms with Crippen LogP contribution in [0.5, 0.6) is 0 Å². The predicted molar refractivity (Wildman–Crippen MR) is 84.3 cm³/mol. The highest BCUT2D eigenvalue weighted by atomic mass is 16.2. The first kappa shape index (κ1) is 15.5. The Morgan fingerprint density at radius 3 is 2.33 bits per heavy atom. The van der Waals surface area contributed by atoms with Crippen molar-refractivity contribution in [3.8, 4) is 0 Å². The molecule has 0 spiro atoms. The van der Waals surface area contributed by atoms with Crippen molar-refractivity contribution in [2.75, 3.05) is 11.4 Å². The maximum atomic E-state index is 12.1. The lowest BCUT2D eigenvalue weighted by Gasteiger charge is -2.18. The summed E-state index contributed by atoms with van der Waals surface area (Å²) in [6, 6.07) is 8.14. The molecule has 4 nitrogen and oxygen atoms in total. The quantitative estimate of drug-likeness (QED) is 0.926. The number of rotatable bonds is 4. The lowest BCUT2D eigenvalue weighted by atomic mass is 10.0. The number of amides is 2. The summed E-state index contributed by atoms with van der Waals surface area (Å²) in [5.41, 5.74) is 2.13. The molecule has 1 aliphatic heterocycles. The second-order valence-corrected chi connectivity index (χ2v) is 6.31. The Morgan fingerprint density at radius 1 is 1.19 bits per heavy atom. The Balaban J connectivity index is 2.07. The molecule has 114 valence electrons. The maximum Gasteiger partial charge on any atom is 0.227 e. The van der Waals surface area contributed by atoms with Crippen molar-refractivity contribution in [2.24, 2.45) is 5.92 Å². The van der Waals surface area contributed by atoms with Gasteiger partial charge in [-0.25, -0.2) is 0 Å². The minimum Gasteiger partial charge on any atom is -0.354 e. The second-order valence-electron chi connectivity index (χ2n) is 6.31. The van der Waals surface area contributed by atoms with Gasteiger partial charge in [-0.3, -0.25) is 9.59 Å². The van der Waals surface area contributed by atoms with Crippen molar-refractivity contribution in [1.82, 2.24) is 5.32 Å². The molecular weight excluding hydrogens is 264 g/mol. The van der Waals surface area contributed by atoms with Gasteiger partial charge in [-0.1, -0.05) is 26.0 Å². The Kier molecular flexibility index (Phi) is 4.66. The van der Waals surface area contributed by atoms with E-state index in [1.807, 2.05) is 26.0 Å². The molecule has 1 fully saturated rings. The summed E-state index contributed by atoms with van der Waals surface area (Å²) >= 11 is 0. The van der Waals surface area contributed by atoms with Gasteiger partial charge in [0.25, 0.3) is 0 Å². The van der Waals surface area contributed by atoms with Crippen molar-refractivity contribution in [3.05, 3.63) is 29.8 Å². The van der Waals surface area contributed by atoms with Crippen LogP contribution in [0.25, 0.3) is 0 Å². The molecule has 1 atom stereocenters. The fourth-order valence-corrected chi connectivity index (χ4v) is 2.57. The molecule has 21 heavy (non-hydrogen) atoms. The Bertz CT molecular complexity index is 520. The van der Waals surface area contributed by atoms with Gasteiger partial charge in [-0.15, -0.1) is 0 Å². The van der Waals surface area contributed by atoms with E-state index >= 15 is 0 Å². The van der Waals surface area contributed by atoms with E-state index in [0.29, 0.717) is 18.9 Å². The molecule has 0 bridgehead atoms. The monoisotopic (exact) mass is 288 g/mol. The minimum absolute atomic E-state index is 0.0243. The number of hydrogen-bond acceptors (Lipinski definition) is 2. The number of carbonyl (C=O) groups is 2. The summed E-state index contributed by atoms with van der Waals surface area (Å²) in [6.45, 7) is 8.61. The summed E-state index contributed by atoms with van der Waals surface area (Å²) in [7, 11) is 0. The highest BCUT2D eigenvalue weighted by Crippen LogP contribution is 2.27. The van der Waals surface area contributed by atoms with Gasteiger partial charge in [-0.2, -0.15) is 0 Å². The fourth-order valence-electron chi connectivity index (χ4n) is 2.57. The zero-order valence-corrected chi connectivity index (χ0v) is 13.2. The van der Waals surface area contributed by atoms with Gasteiger partial charge in [0.1, 0.15) is 0 Å². The highest BCUT2D eigenvalue weighted by molar-refractivity contribution is 6.00. The van der Waals surface area contributed by atoms with Crippen LogP contribution in [-0.2, 0) is 9.59 Å².